The van der Waals surface area contributed by atoms with Crippen molar-refractivity contribution in [1.82, 2.24) is 5.32 Å². The summed E-state index contributed by atoms with van der Waals surface area (Å²) in [7, 11) is 0. The van der Waals surface area contributed by atoms with Crippen molar-refractivity contribution in [2.24, 2.45) is 5.92 Å². The SMILES string of the molecule is Fc1cc(C(F)F)ccc1NCC1CCCNC1. The van der Waals surface area contributed by atoms with Gasteiger partial charge in [-0.2, -0.15) is 0 Å². The number of rotatable bonds is 4. The first-order valence-electron chi connectivity index (χ1n) is 6.19. The Labute approximate surface area is 105 Å². The zero-order valence-electron chi connectivity index (χ0n) is 10.1. The van der Waals surface area contributed by atoms with Crippen molar-refractivity contribution >= 4 is 5.69 Å². The quantitative estimate of drug-likeness (QED) is 0.866. The molecule has 1 fully saturated rings. The lowest BCUT2D eigenvalue weighted by molar-refractivity contribution is 0.151. The third-order valence-corrected chi connectivity index (χ3v) is 3.23. The minimum Gasteiger partial charge on any atom is -0.382 e. The molecule has 0 aliphatic carbocycles. The van der Waals surface area contributed by atoms with Gasteiger partial charge in [-0.15, -0.1) is 0 Å². The lowest BCUT2D eigenvalue weighted by Gasteiger charge is -2.23. The van der Waals surface area contributed by atoms with Gasteiger partial charge in [-0.1, -0.05) is 6.07 Å². The largest absolute Gasteiger partial charge is 0.382 e. The maximum atomic E-state index is 13.6. The minimum absolute atomic E-state index is 0.280. The Balaban J connectivity index is 1.92. The van der Waals surface area contributed by atoms with E-state index in [0.29, 0.717) is 18.2 Å². The fourth-order valence-electron chi connectivity index (χ4n) is 2.16. The van der Waals surface area contributed by atoms with Gasteiger partial charge >= 0.3 is 0 Å². The van der Waals surface area contributed by atoms with Crippen LogP contribution >= 0.6 is 0 Å². The van der Waals surface area contributed by atoms with Crippen molar-refractivity contribution in [2.45, 2.75) is 19.3 Å². The topological polar surface area (TPSA) is 24.1 Å². The molecule has 1 heterocycles. The van der Waals surface area contributed by atoms with Crippen LogP contribution in [0.15, 0.2) is 18.2 Å². The van der Waals surface area contributed by atoms with Crippen molar-refractivity contribution in [3.8, 4) is 0 Å². The molecule has 5 heteroatoms. The summed E-state index contributed by atoms with van der Waals surface area (Å²) < 4.78 is 38.3. The standard InChI is InChI=1S/C13H17F3N2/c14-11-6-10(13(15)16)3-4-12(11)18-8-9-2-1-5-17-7-9/h3-4,6,9,13,17-18H,1-2,5,7-8H2. The number of hydrogen-bond donors (Lipinski definition) is 2. The number of piperidine rings is 1. The van der Waals surface area contributed by atoms with Crippen LogP contribution in [-0.4, -0.2) is 19.6 Å². The lowest BCUT2D eigenvalue weighted by Crippen LogP contribution is -2.33. The summed E-state index contributed by atoms with van der Waals surface area (Å²) in [5.74, 6) is -0.149. The second kappa shape index (κ2) is 6.09. The number of hydrogen-bond acceptors (Lipinski definition) is 2. The first-order valence-corrected chi connectivity index (χ1v) is 6.19. The van der Waals surface area contributed by atoms with Crippen LogP contribution in [0.2, 0.25) is 0 Å². The van der Waals surface area contributed by atoms with E-state index in [1.54, 1.807) is 0 Å². The second-order valence-electron chi connectivity index (χ2n) is 4.63. The lowest BCUT2D eigenvalue weighted by atomic mass is 9.99. The van der Waals surface area contributed by atoms with Gasteiger partial charge in [0.1, 0.15) is 5.82 Å². The third-order valence-electron chi connectivity index (χ3n) is 3.23. The van der Waals surface area contributed by atoms with Crippen LogP contribution in [0.25, 0.3) is 0 Å². The van der Waals surface area contributed by atoms with Crippen LogP contribution in [0.4, 0.5) is 18.9 Å². The maximum Gasteiger partial charge on any atom is 0.263 e. The smallest absolute Gasteiger partial charge is 0.263 e. The van der Waals surface area contributed by atoms with E-state index in [2.05, 4.69) is 10.6 Å². The maximum absolute atomic E-state index is 13.6. The van der Waals surface area contributed by atoms with Crippen LogP contribution in [0.5, 0.6) is 0 Å². The molecular formula is C13H17F3N2. The van der Waals surface area contributed by atoms with Crippen LogP contribution in [0.1, 0.15) is 24.8 Å². The molecule has 1 aliphatic rings. The molecule has 0 bridgehead atoms. The highest BCUT2D eigenvalue weighted by Gasteiger charge is 2.14. The van der Waals surface area contributed by atoms with Gasteiger partial charge in [0.15, 0.2) is 0 Å². The van der Waals surface area contributed by atoms with E-state index in [9.17, 15) is 13.2 Å². The van der Waals surface area contributed by atoms with Crippen LogP contribution in [0.3, 0.4) is 0 Å². The first-order chi connectivity index (χ1) is 8.66. The van der Waals surface area contributed by atoms with Crippen LogP contribution in [-0.2, 0) is 0 Å². The summed E-state index contributed by atoms with van der Waals surface area (Å²) in [5.41, 5.74) is 0.0161. The van der Waals surface area contributed by atoms with Gasteiger partial charge < -0.3 is 10.6 Å². The molecule has 1 atom stereocenters. The Morgan fingerprint density at radius 2 is 2.22 bits per heavy atom. The summed E-state index contributed by atoms with van der Waals surface area (Å²) in [6.07, 6.45) is -0.397. The number of nitrogens with one attached hydrogen (secondary N) is 2. The molecule has 1 aromatic carbocycles. The zero-order valence-corrected chi connectivity index (χ0v) is 10.1. The van der Waals surface area contributed by atoms with Crippen molar-refractivity contribution in [3.05, 3.63) is 29.6 Å². The molecule has 100 valence electrons. The van der Waals surface area contributed by atoms with E-state index in [-0.39, 0.29) is 5.56 Å². The summed E-state index contributed by atoms with van der Waals surface area (Å²) in [4.78, 5) is 0. The van der Waals surface area contributed by atoms with Crippen LogP contribution < -0.4 is 10.6 Å². The predicted octanol–water partition coefficient (Wildman–Crippen LogP) is 3.17. The average Bonchev–Trinajstić information content (AvgIpc) is 2.38. The molecule has 0 amide bonds. The molecule has 1 unspecified atom stereocenters. The Hall–Kier alpha value is -1.23. The molecule has 2 rings (SSSR count). The highest BCUT2D eigenvalue weighted by Crippen LogP contribution is 2.24. The molecular weight excluding hydrogens is 241 g/mol. The van der Waals surface area contributed by atoms with Crippen molar-refractivity contribution < 1.29 is 13.2 Å². The normalized spacial score (nSPS) is 20.1. The number of anilines is 1. The van der Waals surface area contributed by atoms with Gasteiger partial charge in [-0.25, -0.2) is 13.2 Å². The number of halogens is 3. The molecule has 1 saturated heterocycles. The van der Waals surface area contributed by atoms with Gasteiger partial charge in [-0.05, 0) is 44.0 Å². The van der Waals surface area contributed by atoms with Gasteiger partial charge in [0, 0.05) is 12.1 Å². The minimum atomic E-state index is -2.63. The summed E-state index contributed by atoms with van der Waals surface area (Å²) in [5, 5.41) is 6.27. The summed E-state index contributed by atoms with van der Waals surface area (Å²) in [6.45, 7) is 2.62. The Bertz CT molecular complexity index is 390. The number of alkyl halides is 2. The molecule has 1 aliphatic heterocycles. The van der Waals surface area contributed by atoms with Crippen molar-refractivity contribution in [3.63, 3.8) is 0 Å². The molecule has 18 heavy (non-hydrogen) atoms. The molecule has 1 aromatic rings. The van der Waals surface area contributed by atoms with Crippen LogP contribution in [0, 0.1) is 11.7 Å². The third kappa shape index (κ3) is 3.38. The summed E-state index contributed by atoms with van der Waals surface area (Å²) in [6, 6.07) is 3.54. The van der Waals surface area contributed by atoms with Crippen molar-refractivity contribution in [1.29, 1.82) is 0 Å². The van der Waals surface area contributed by atoms with Gasteiger partial charge in [0.25, 0.3) is 6.43 Å². The van der Waals surface area contributed by atoms with Gasteiger partial charge in [-0.3, -0.25) is 0 Å². The van der Waals surface area contributed by atoms with Gasteiger partial charge in [0.05, 0.1) is 5.69 Å². The average molecular weight is 258 g/mol. The monoisotopic (exact) mass is 258 g/mol. The fourth-order valence-corrected chi connectivity index (χ4v) is 2.16. The van der Waals surface area contributed by atoms with E-state index in [0.717, 1.165) is 32.0 Å². The fraction of sp³-hybridized carbons (Fsp3) is 0.538. The van der Waals surface area contributed by atoms with E-state index in [1.807, 2.05) is 0 Å². The Kier molecular flexibility index (Phi) is 4.47. The number of benzene rings is 1. The van der Waals surface area contributed by atoms with E-state index >= 15 is 0 Å². The molecule has 2 N–H and O–H groups in total. The Morgan fingerprint density at radius 1 is 1.39 bits per heavy atom. The highest BCUT2D eigenvalue weighted by atomic mass is 19.3. The molecule has 2 nitrogen and oxygen atoms in total. The zero-order chi connectivity index (χ0) is 13.0. The predicted molar refractivity (Wildman–Crippen MR) is 65.4 cm³/mol. The van der Waals surface area contributed by atoms with E-state index in [1.165, 1.54) is 12.1 Å². The second-order valence-corrected chi connectivity index (χ2v) is 4.63. The first kappa shape index (κ1) is 13.2. The molecule has 0 spiro atoms. The highest BCUT2D eigenvalue weighted by molar-refractivity contribution is 5.46. The Morgan fingerprint density at radius 3 is 2.83 bits per heavy atom. The van der Waals surface area contributed by atoms with E-state index < -0.39 is 12.2 Å². The molecule has 0 aromatic heterocycles. The van der Waals surface area contributed by atoms with Crippen molar-refractivity contribution in [2.75, 3.05) is 25.0 Å². The van der Waals surface area contributed by atoms with E-state index in [4.69, 9.17) is 0 Å². The molecule has 0 saturated carbocycles. The summed E-state index contributed by atoms with van der Waals surface area (Å²) >= 11 is 0. The molecule has 0 radical (unpaired) electrons. The van der Waals surface area contributed by atoms with Gasteiger partial charge in [0.2, 0.25) is 0 Å².